The summed E-state index contributed by atoms with van der Waals surface area (Å²) in [4.78, 5) is 21.5. The minimum Gasteiger partial charge on any atom is -0.481 e. The molecule has 2 aromatic rings. The molecule has 0 bridgehead atoms. The number of carbonyl (C=O) groups excluding carboxylic acids is 1. The molecule has 2 aliphatic rings. The number of nitrogens with one attached hydrogen (secondary N) is 2. The van der Waals surface area contributed by atoms with Crippen LogP contribution in [0.15, 0.2) is 18.3 Å². The molecule has 2 N–H and O–H groups in total. The summed E-state index contributed by atoms with van der Waals surface area (Å²) in [5.74, 6) is 1.17. The maximum atomic E-state index is 12.3. The molecule has 4 rings (SSSR count). The van der Waals surface area contributed by atoms with Crippen molar-refractivity contribution >= 4 is 22.8 Å². The van der Waals surface area contributed by atoms with Gasteiger partial charge >= 0.3 is 0 Å². The Kier molecular flexibility index (Phi) is 6.44. The van der Waals surface area contributed by atoms with Crippen molar-refractivity contribution in [3.8, 4) is 5.75 Å². The topological polar surface area (TPSA) is 85.4 Å². The predicted molar refractivity (Wildman–Crippen MR) is 112 cm³/mol. The van der Waals surface area contributed by atoms with Crippen LogP contribution in [0.3, 0.4) is 0 Å². The molecule has 1 saturated heterocycles. The first-order valence-electron chi connectivity index (χ1n) is 10.7. The zero-order chi connectivity index (χ0) is 20.1. The smallest absolute Gasteiger partial charge is 0.258 e. The highest BCUT2D eigenvalue weighted by atomic mass is 16.5. The Morgan fingerprint density at radius 1 is 1.14 bits per heavy atom. The van der Waals surface area contributed by atoms with Gasteiger partial charge in [-0.3, -0.25) is 4.79 Å². The van der Waals surface area contributed by atoms with Gasteiger partial charge in [0.1, 0.15) is 11.3 Å². The molecule has 7 heteroatoms. The molecular formula is C22H30N4O3. The van der Waals surface area contributed by atoms with Crippen molar-refractivity contribution in [3.63, 3.8) is 0 Å². The van der Waals surface area contributed by atoms with Crippen LogP contribution in [0.2, 0.25) is 0 Å². The molecule has 0 spiro atoms. The molecule has 2 heterocycles. The Balaban J connectivity index is 1.45. The molecule has 29 heavy (non-hydrogen) atoms. The predicted octanol–water partition coefficient (Wildman–Crippen LogP) is 3.36. The van der Waals surface area contributed by atoms with Gasteiger partial charge in [0.05, 0.1) is 0 Å². The molecule has 0 radical (unpaired) electrons. The zero-order valence-electron chi connectivity index (χ0n) is 17.1. The third kappa shape index (κ3) is 5.15. The number of rotatable bonds is 6. The second-order valence-corrected chi connectivity index (χ2v) is 8.07. The van der Waals surface area contributed by atoms with Gasteiger partial charge in [-0.25, -0.2) is 9.97 Å². The van der Waals surface area contributed by atoms with Gasteiger partial charge in [-0.15, -0.1) is 0 Å². The Morgan fingerprint density at radius 2 is 1.93 bits per heavy atom. The van der Waals surface area contributed by atoms with Crippen LogP contribution in [0.5, 0.6) is 5.75 Å². The quantitative estimate of drug-likeness (QED) is 0.776. The Morgan fingerprint density at radius 3 is 2.72 bits per heavy atom. The highest BCUT2D eigenvalue weighted by molar-refractivity contribution is 5.86. The van der Waals surface area contributed by atoms with Crippen molar-refractivity contribution in [1.82, 2.24) is 15.3 Å². The summed E-state index contributed by atoms with van der Waals surface area (Å²) in [7, 11) is 0. The fourth-order valence-corrected chi connectivity index (χ4v) is 4.10. The standard InChI is InChI=1S/C22H30N4O3/c1-15-7-8-16-13-23-22(25-17-5-3-2-4-6-17)26-20(16)21(15)29-14-19(27)24-18-9-11-28-12-10-18/h7-8,13,17-18H,2-6,9-12,14H2,1H3,(H,24,27)(H,23,25,26). The molecular weight excluding hydrogens is 368 g/mol. The van der Waals surface area contributed by atoms with E-state index < -0.39 is 0 Å². The van der Waals surface area contributed by atoms with Crippen molar-refractivity contribution < 1.29 is 14.3 Å². The molecule has 1 aliphatic heterocycles. The van der Waals surface area contributed by atoms with Crippen LogP contribution in [0, 0.1) is 6.92 Å². The van der Waals surface area contributed by atoms with Crippen molar-refractivity contribution in [2.45, 2.75) is 64.0 Å². The number of aryl methyl sites for hydroxylation is 1. The van der Waals surface area contributed by atoms with E-state index in [-0.39, 0.29) is 18.6 Å². The van der Waals surface area contributed by atoms with Gasteiger partial charge in [-0.1, -0.05) is 31.4 Å². The van der Waals surface area contributed by atoms with Crippen LogP contribution in [-0.4, -0.2) is 47.8 Å². The van der Waals surface area contributed by atoms with E-state index in [1.165, 1.54) is 19.3 Å². The lowest BCUT2D eigenvalue weighted by atomic mass is 9.96. The van der Waals surface area contributed by atoms with Crippen LogP contribution in [-0.2, 0) is 9.53 Å². The second-order valence-electron chi connectivity index (χ2n) is 8.07. The fourth-order valence-electron chi connectivity index (χ4n) is 4.10. The van der Waals surface area contributed by atoms with E-state index in [1.807, 2.05) is 25.3 Å². The molecule has 1 aromatic heterocycles. The van der Waals surface area contributed by atoms with E-state index in [2.05, 4.69) is 15.6 Å². The first-order chi connectivity index (χ1) is 14.2. The van der Waals surface area contributed by atoms with E-state index in [9.17, 15) is 4.79 Å². The number of fused-ring (bicyclic) bond motifs is 1. The fraction of sp³-hybridized carbons (Fsp3) is 0.591. The lowest BCUT2D eigenvalue weighted by Gasteiger charge is -2.23. The molecule has 7 nitrogen and oxygen atoms in total. The number of hydrogen-bond acceptors (Lipinski definition) is 6. The number of carbonyl (C=O) groups is 1. The molecule has 1 saturated carbocycles. The van der Waals surface area contributed by atoms with Crippen LogP contribution >= 0.6 is 0 Å². The Bertz CT molecular complexity index is 845. The maximum absolute atomic E-state index is 12.3. The monoisotopic (exact) mass is 398 g/mol. The summed E-state index contributed by atoms with van der Waals surface area (Å²) in [6.45, 7) is 3.35. The van der Waals surface area contributed by atoms with Crippen LogP contribution in [0.4, 0.5) is 5.95 Å². The number of amides is 1. The van der Waals surface area contributed by atoms with E-state index in [1.54, 1.807) is 0 Å². The van der Waals surface area contributed by atoms with E-state index in [4.69, 9.17) is 14.5 Å². The summed E-state index contributed by atoms with van der Waals surface area (Å²) in [5.41, 5.74) is 1.70. The number of benzene rings is 1. The number of anilines is 1. The number of hydrogen-bond donors (Lipinski definition) is 2. The molecule has 1 aromatic carbocycles. The summed E-state index contributed by atoms with van der Waals surface area (Å²) < 4.78 is 11.3. The molecule has 1 amide bonds. The van der Waals surface area contributed by atoms with Gasteiger partial charge in [-0.05, 0) is 38.2 Å². The van der Waals surface area contributed by atoms with Gasteiger partial charge in [0.25, 0.3) is 5.91 Å². The first kappa shape index (κ1) is 19.9. The average molecular weight is 399 g/mol. The molecule has 0 unspecified atom stereocenters. The number of ether oxygens (including phenoxy) is 2. The lowest BCUT2D eigenvalue weighted by molar-refractivity contribution is -0.124. The minimum absolute atomic E-state index is 0.0211. The molecule has 2 fully saturated rings. The minimum atomic E-state index is -0.108. The third-order valence-corrected chi connectivity index (χ3v) is 5.78. The van der Waals surface area contributed by atoms with Gasteiger partial charge in [0, 0.05) is 36.9 Å². The maximum Gasteiger partial charge on any atom is 0.258 e. The van der Waals surface area contributed by atoms with Crippen LogP contribution < -0.4 is 15.4 Å². The van der Waals surface area contributed by atoms with Gasteiger partial charge in [0.2, 0.25) is 5.95 Å². The summed E-state index contributed by atoms with van der Waals surface area (Å²) in [5, 5.41) is 7.41. The highest BCUT2D eigenvalue weighted by Crippen LogP contribution is 2.29. The molecule has 0 atom stereocenters. The average Bonchev–Trinajstić information content (AvgIpc) is 2.74. The normalized spacial score (nSPS) is 18.5. The van der Waals surface area contributed by atoms with Crippen LogP contribution in [0.25, 0.3) is 10.9 Å². The van der Waals surface area contributed by atoms with Crippen molar-refractivity contribution in [3.05, 3.63) is 23.9 Å². The lowest BCUT2D eigenvalue weighted by Crippen LogP contribution is -2.41. The Hall–Kier alpha value is -2.41. The Labute approximate surface area is 171 Å². The molecule has 1 aliphatic carbocycles. The van der Waals surface area contributed by atoms with Gasteiger partial charge < -0.3 is 20.1 Å². The second kappa shape index (κ2) is 9.39. The SMILES string of the molecule is Cc1ccc2cnc(NC3CCCCC3)nc2c1OCC(=O)NC1CCOCC1. The van der Waals surface area contributed by atoms with Crippen molar-refractivity contribution in [1.29, 1.82) is 0 Å². The zero-order valence-corrected chi connectivity index (χ0v) is 17.1. The number of nitrogens with zero attached hydrogens (tertiary/aromatic N) is 2. The first-order valence-corrected chi connectivity index (χ1v) is 10.7. The number of aromatic nitrogens is 2. The van der Waals surface area contributed by atoms with Crippen molar-refractivity contribution in [2.75, 3.05) is 25.1 Å². The summed E-state index contributed by atoms with van der Waals surface area (Å²) in [6.07, 6.45) is 9.65. The van der Waals surface area contributed by atoms with Crippen LogP contribution in [0.1, 0.15) is 50.5 Å². The largest absolute Gasteiger partial charge is 0.481 e. The highest BCUT2D eigenvalue weighted by Gasteiger charge is 2.18. The summed E-state index contributed by atoms with van der Waals surface area (Å²) >= 11 is 0. The van der Waals surface area contributed by atoms with E-state index in [0.29, 0.717) is 31.0 Å². The van der Waals surface area contributed by atoms with E-state index in [0.717, 1.165) is 42.1 Å². The van der Waals surface area contributed by atoms with Crippen molar-refractivity contribution in [2.24, 2.45) is 0 Å². The molecule has 156 valence electrons. The van der Waals surface area contributed by atoms with Gasteiger partial charge in [0.15, 0.2) is 6.61 Å². The third-order valence-electron chi connectivity index (χ3n) is 5.78. The summed E-state index contributed by atoms with van der Waals surface area (Å²) in [6, 6.07) is 4.57. The van der Waals surface area contributed by atoms with Gasteiger partial charge in [-0.2, -0.15) is 0 Å². The van der Waals surface area contributed by atoms with E-state index >= 15 is 0 Å².